The topological polar surface area (TPSA) is 93.8 Å². The number of fused-ring (bicyclic) bond motifs is 1. The van der Waals surface area contributed by atoms with Gasteiger partial charge in [0.2, 0.25) is 11.8 Å². The van der Waals surface area contributed by atoms with Crippen molar-refractivity contribution in [3.8, 4) is 22.8 Å². The van der Waals surface area contributed by atoms with E-state index in [4.69, 9.17) is 9.40 Å². The molecule has 1 N–H and O–H groups in total. The monoisotopic (exact) mass is 421 g/mol. The zero-order chi connectivity index (χ0) is 21.9. The van der Waals surface area contributed by atoms with Gasteiger partial charge in [-0.1, -0.05) is 35.9 Å². The highest BCUT2D eigenvalue weighted by Crippen LogP contribution is 2.25. The van der Waals surface area contributed by atoms with Crippen molar-refractivity contribution in [3.05, 3.63) is 96.0 Å². The van der Waals surface area contributed by atoms with E-state index in [1.807, 2.05) is 73.7 Å². The molecule has 3 aromatic heterocycles. The van der Waals surface area contributed by atoms with E-state index in [2.05, 4.69) is 20.5 Å². The average molecular weight is 421 g/mol. The highest BCUT2D eigenvalue weighted by Gasteiger charge is 2.16. The number of hydrogen-bond acceptors (Lipinski definition) is 6. The number of hydrogen-bond donors (Lipinski definition) is 1. The lowest BCUT2D eigenvalue weighted by molar-refractivity contribution is 0.0949. The summed E-state index contributed by atoms with van der Waals surface area (Å²) >= 11 is 0. The highest BCUT2D eigenvalue weighted by atomic mass is 16.4. The Bertz CT molecular complexity index is 1400. The fraction of sp³-hybridized carbons (Fsp3) is 0.0800. The molecule has 156 valence electrons. The van der Waals surface area contributed by atoms with Gasteiger partial charge in [-0.25, -0.2) is 4.98 Å². The van der Waals surface area contributed by atoms with Gasteiger partial charge in [-0.2, -0.15) is 0 Å². The van der Waals surface area contributed by atoms with Crippen LogP contribution in [-0.2, 0) is 6.54 Å². The van der Waals surface area contributed by atoms with Crippen LogP contribution in [0, 0.1) is 6.92 Å². The molecule has 0 spiro atoms. The summed E-state index contributed by atoms with van der Waals surface area (Å²) < 4.78 is 5.70. The van der Waals surface area contributed by atoms with Gasteiger partial charge in [0.05, 0.1) is 29.0 Å². The van der Waals surface area contributed by atoms with Crippen LogP contribution in [0.4, 0.5) is 0 Å². The SMILES string of the molecule is Cc1ccc2nc(-c3ccccn3)cc(C(=O)NCc3nnc(-c4ccccc4)o3)c2c1. The summed E-state index contributed by atoms with van der Waals surface area (Å²) in [5.74, 6) is 0.494. The second-order valence-corrected chi connectivity index (χ2v) is 7.34. The lowest BCUT2D eigenvalue weighted by atomic mass is 10.0. The molecule has 0 atom stereocenters. The summed E-state index contributed by atoms with van der Waals surface area (Å²) in [5, 5.41) is 11.8. The third-order valence-electron chi connectivity index (χ3n) is 5.02. The molecule has 0 bridgehead atoms. The number of carbonyl (C=O) groups is 1. The Morgan fingerprint density at radius 3 is 2.59 bits per heavy atom. The highest BCUT2D eigenvalue weighted by molar-refractivity contribution is 6.07. The number of pyridine rings is 2. The molecule has 5 rings (SSSR count). The number of benzene rings is 2. The molecule has 0 radical (unpaired) electrons. The van der Waals surface area contributed by atoms with Crippen LogP contribution in [-0.4, -0.2) is 26.1 Å². The smallest absolute Gasteiger partial charge is 0.252 e. The summed E-state index contributed by atoms with van der Waals surface area (Å²) in [6, 6.07) is 22.7. The first-order valence-electron chi connectivity index (χ1n) is 10.2. The zero-order valence-corrected chi connectivity index (χ0v) is 17.3. The summed E-state index contributed by atoms with van der Waals surface area (Å²) in [6.45, 7) is 2.10. The predicted octanol–water partition coefficient (Wildman–Crippen LogP) is 4.59. The molecule has 7 heteroatoms. The van der Waals surface area contributed by atoms with Crippen LogP contribution in [0.15, 0.2) is 83.4 Å². The van der Waals surface area contributed by atoms with Gasteiger partial charge in [0.1, 0.15) is 0 Å². The van der Waals surface area contributed by atoms with Crippen molar-refractivity contribution >= 4 is 16.8 Å². The molecule has 7 nitrogen and oxygen atoms in total. The Morgan fingerprint density at radius 1 is 0.938 bits per heavy atom. The Balaban J connectivity index is 1.44. The van der Waals surface area contributed by atoms with E-state index in [0.29, 0.717) is 28.7 Å². The van der Waals surface area contributed by atoms with Crippen LogP contribution in [0.5, 0.6) is 0 Å². The number of nitrogens with one attached hydrogen (secondary N) is 1. The van der Waals surface area contributed by atoms with Gasteiger partial charge in [0.25, 0.3) is 5.91 Å². The number of rotatable bonds is 5. The number of amides is 1. The van der Waals surface area contributed by atoms with Crippen molar-refractivity contribution < 1.29 is 9.21 Å². The van der Waals surface area contributed by atoms with Crippen molar-refractivity contribution in [2.24, 2.45) is 0 Å². The van der Waals surface area contributed by atoms with Gasteiger partial charge in [0.15, 0.2) is 0 Å². The number of carbonyl (C=O) groups excluding carboxylic acids is 1. The molecule has 0 aliphatic carbocycles. The summed E-state index contributed by atoms with van der Waals surface area (Å²) in [5.41, 5.74) is 4.46. The molecule has 0 saturated carbocycles. The molecule has 2 aromatic carbocycles. The summed E-state index contributed by atoms with van der Waals surface area (Å²) in [7, 11) is 0. The molecular weight excluding hydrogens is 402 g/mol. The van der Waals surface area contributed by atoms with E-state index in [1.54, 1.807) is 12.3 Å². The molecule has 0 saturated heterocycles. The number of nitrogens with zero attached hydrogens (tertiary/aromatic N) is 4. The van der Waals surface area contributed by atoms with Crippen molar-refractivity contribution in [1.82, 2.24) is 25.5 Å². The molecule has 0 aliphatic heterocycles. The predicted molar refractivity (Wildman–Crippen MR) is 121 cm³/mol. The van der Waals surface area contributed by atoms with Gasteiger partial charge in [-0.15, -0.1) is 10.2 Å². The van der Waals surface area contributed by atoms with Crippen molar-refractivity contribution in [2.75, 3.05) is 0 Å². The summed E-state index contributed by atoms with van der Waals surface area (Å²) in [4.78, 5) is 22.2. The molecule has 0 unspecified atom stereocenters. The average Bonchev–Trinajstić information content (AvgIpc) is 3.32. The fourth-order valence-corrected chi connectivity index (χ4v) is 3.45. The third-order valence-corrected chi connectivity index (χ3v) is 5.02. The maximum absolute atomic E-state index is 13.2. The minimum atomic E-state index is -0.250. The largest absolute Gasteiger partial charge is 0.419 e. The third kappa shape index (κ3) is 3.96. The number of aryl methyl sites for hydroxylation is 1. The molecule has 1 amide bonds. The maximum Gasteiger partial charge on any atom is 0.252 e. The zero-order valence-electron chi connectivity index (χ0n) is 17.3. The number of aromatic nitrogens is 4. The van der Waals surface area contributed by atoms with Gasteiger partial charge < -0.3 is 9.73 Å². The van der Waals surface area contributed by atoms with Gasteiger partial charge in [-0.3, -0.25) is 9.78 Å². The van der Waals surface area contributed by atoms with Crippen molar-refractivity contribution in [3.63, 3.8) is 0 Å². The molecule has 3 heterocycles. The van der Waals surface area contributed by atoms with Crippen LogP contribution >= 0.6 is 0 Å². The fourth-order valence-electron chi connectivity index (χ4n) is 3.45. The minimum Gasteiger partial charge on any atom is -0.419 e. The second kappa shape index (κ2) is 8.39. The van der Waals surface area contributed by atoms with E-state index in [1.165, 1.54) is 0 Å². The van der Waals surface area contributed by atoms with Gasteiger partial charge in [-0.05, 0) is 49.4 Å². The van der Waals surface area contributed by atoms with E-state index in [0.717, 1.165) is 22.0 Å². The Labute approximate surface area is 184 Å². The normalized spacial score (nSPS) is 10.9. The van der Waals surface area contributed by atoms with Crippen LogP contribution < -0.4 is 5.32 Å². The first kappa shape index (κ1) is 19.6. The lowest BCUT2D eigenvalue weighted by Crippen LogP contribution is -2.23. The molecule has 0 aliphatic rings. The first-order chi connectivity index (χ1) is 15.7. The van der Waals surface area contributed by atoms with E-state index < -0.39 is 0 Å². The molecule has 0 fully saturated rings. The van der Waals surface area contributed by atoms with Gasteiger partial charge in [0, 0.05) is 17.1 Å². The molecular formula is C25H19N5O2. The maximum atomic E-state index is 13.2. The van der Waals surface area contributed by atoms with Crippen LogP contribution in [0.25, 0.3) is 33.7 Å². The quantitative estimate of drug-likeness (QED) is 0.446. The molecule has 32 heavy (non-hydrogen) atoms. The van der Waals surface area contributed by atoms with Crippen LogP contribution in [0.3, 0.4) is 0 Å². The lowest BCUT2D eigenvalue weighted by Gasteiger charge is -2.10. The van der Waals surface area contributed by atoms with Crippen LogP contribution in [0.2, 0.25) is 0 Å². The Morgan fingerprint density at radius 2 is 1.78 bits per heavy atom. The van der Waals surface area contributed by atoms with Crippen molar-refractivity contribution in [1.29, 1.82) is 0 Å². The second-order valence-electron chi connectivity index (χ2n) is 7.34. The Hall–Kier alpha value is -4.39. The van der Waals surface area contributed by atoms with Gasteiger partial charge >= 0.3 is 0 Å². The van der Waals surface area contributed by atoms with Crippen LogP contribution in [0.1, 0.15) is 21.8 Å². The standard InChI is InChI=1S/C25H19N5O2/c1-16-10-11-20-18(13-16)19(14-22(28-20)21-9-5-6-12-26-21)24(31)27-15-23-29-30-25(32-23)17-7-3-2-4-8-17/h2-14H,15H2,1H3,(H,27,31). The minimum absolute atomic E-state index is 0.118. The van der Waals surface area contributed by atoms with E-state index in [-0.39, 0.29) is 12.5 Å². The van der Waals surface area contributed by atoms with E-state index in [9.17, 15) is 4.79 Å². The van der Waals surface area contributed by atoms with Crippen molar-refractivity contribution in [2.45, 2.75) is 13.5 Å². The van der Waals surface area contributed by atoms with E-state index >= 15 is 0 Å². The first-order valence-corrected chi connectivity index (χ1v) is 10.2. The molecule has 5 aromatic rings. The summed E-state index contributed by atoms with van der Waals surface area (Å²) in [6.07, 6.45) is 1.70. The Kier molecular flexibility index (Phi) is 5.13.